The fourth-order valence-corrected chi connectivity index (χ4v) is 1.40. The fourth-order valence-electron chi connectivity index (χ4n) is 1.40. The second-order valence-electron chi connectivity index (χ2n) is 3.37. The predicted octanol–water partition coefficient (Wildman–Crippen LogP) is 2.79. The van der Waals surface area contributed by atoms with E-state index in [1.165, 1.54) is 6.07 Å². The number of nitrogens with two attached hydrogens (primary N) is 1. The molecule has 0 heterocycles. The first kappa shape index (κ1) is 12.7. The highest BCUT2D eigenvalue weighted by Gasteiger charge is 2.30. The molecule has 0 aliphatic carbocycles. The van der Waals surface area contributed by atoms with Gasteiger partial charge >= 0.3 is 6.18 Å². The normalized spacial score (nSPS) is 13.5. The van der Waals surface area contributed by atoms with Gasteiger partial charge in [0, 0.05) is 6.04 Å². The minimum atomic E-state index is -4.33. The average Bonchev–Trinajstić information content (AvgIpc) is 2.25. The van der Waals surface area contributed by atoms with Gasteiger partial charge in [0.25, 0.3) is 0 Å². The van der Waals surface area contributed by atoms with Gasteiger partial charge in [0.2, 0.25) is 0 Å². The van der Waals surface area contributed by atoms with Crippen LogP contribution >= 0.6 is 0 Å². The molecular formula is C11H13F3N2. The Kier molecular flexibility index (Phi) is 4.09. The van der Waals surface area contributed by atoms with Crippen LogP contribution in [0.1, 0.15) is 23.6 Å². The van der Waals surface area contributed by atoms with Gasteiger partial charge in [0.1, 0.15) is 0 Å². The van der Waals surface area contributed by atoms with Crippen LogP contribution in [-0.4, -0.2) is 0 Å². The van der Waals surface area contributed by atoms with Gasteiger partial charge in [0.05, 0.1) is 5.56 Å². The number of hydrogen-bond donors (Lipinski definition) is 2. The lowest BCUT2D eigenvalue weighted by molar-refractivity contribution is -0.137. The van der Waals surface area contributed by atoms with Crippen LogP contribution in [0.4, 0.5) is 13.2 Å². The average molecular weight is 230 g/mol. The number of hydrogen-bond acceptors (Lipinski definition) is 2. The highest BCUT2D eigenvalue weighted by Crippen LogP contribution is 2.31. The molecule has 1 atom stereocenters. The number of benzene rings is 1. The summed E-state index contributed by atoms with van der Waals surface area (Å²) in [6, 6.07) is 4.74. The monoisotopic (exact) mass is 230 g/mol. The summed E-state index contributed by atoms with van der Waals surface area (Å²) in [5.74, 6) is 5.27. The molecular weight excluding hydrogens is 217 g/mol. The molecule has 1 unspecified atom stereocenters. The molecule has 88 valence electrons. The van der Waals surface area contributed by atoms with E-state index in [9.17, 15) is 13.2 Å². The molecule has 0 amide bonds. The molecule has 0 saturated carbocycles. The largest absolute Gasteiger partial charge is 0.416 e. The second kappa shape index (κ2) is 5.14. The van der Waals surface area contributed by atoms with E-state index < -0.39 is 11.7 Å². The van der Waals surface area contributed by atoms with Gasteiger partial charge in [-0.2, -0.15) is 13.2 Å². The summed E-state index contributed by atoms with van der Waals surface area (Å²) < 4.78 is 37.3. The quantitative estimate of drug-likeness (QED) is 0.474. The van der Waals surface area contributed by atoms with Crippen molar-refractivity contribution >= 4 is 0 Å². The van der Waals surface area contributed by atoms with E-state index in [1.54, 1.807) is 12.1 Å². The standard InChI is InChI=1S/C11H13F3N2/c1-2-4-10(16-15)8-5-3-6-9(7-8)11(12,13)14/h2-3,5-7,10,16H,1,4,15H2. The summed E-state index contributed by atoms with van der Waals surface area (Å²) in [7, 11) is 0. The Morgan fingerprint density at radius 3 is 2.62 bits per heavy atom. The van der Waals surface area contributed by atoms with E-state index in [1.807, 2.05) is 0 Å². The summed E-state index contributed by atoms with van der Waals surface area (Å²) in [6.45, 7) is 3.53. The highest BCUT2D eigenvalue weighted by atomic mass is 19.4. The summed E-state index contributed by atoms with van der Waals surface area (Å²) in [4.78, 5) is 0. The number of nitrogens with one attached hydrogen (secondary N) is 1. The smallest absolute Gasteiger partial charge is 0.271 e. The molecule has 0 aliphatic rings. The van der Waals surface area contributed by atoms with E-state index in [-0.39, 0.29) is 6.04 Å². The predicted molar refractivity (Wildman–Crippen MR) is 56.3 cm³/mol. The van der Waals surface area contributed by atoms with Crippen molar-refractivity contribution in [1.29, 1.82) is 0 Å². The lowest BCUT2D eigenvalue weighted by Gasteiger charge is -2.16. The van der Waals surface area contributed by atoms with Gasteiger partial charge in [-0.05, 0) is 24.1 Å². The molecule has 1 aromatic carbocycles. The van der Waals surface area contributed by atoms with Crippen molar-refractivity contribution in [2.24, 2.45) is 5.84 Å². The van der Waals surface area contributed by atoms with Crippen molar-refractivity contribution in [3.8, 4) is 0 Å². The number of halogens is 3. The van der Waals surface area contributed by atoms with Crippen LogP contribution in [-0.2, 0) is 6.18 Å². The maximum Gasteiger partial charge on any atom is 0.416 e. The molecule has 0 aliphatic heterocycles. The Labute approximate surface area is 91.9 Å². The van der Waals surface area contributed by atoms with E-state index >= 15 is 0 Å². The minimum absolute atomic E-state index is 0.347. The SMILES string of the molecule is C=CCC(NN)c1cccc(C(F)(F)F)c1. The molecule has 0 radical (unpaired) electrons. The molecule has 3 N–H and O–H groups in total. The molecule has 5 heteroatoms. The zero-order valence-electron chi connectivity index (χ0n) is 8.59. The second-order valence-corrected chi connectivity index (χ2v) is 3.37. The Bertz CT molecular complexity index is 360. The molecule has 1 aromatic rings. The Hall–Kier alpha value is -1.33. The molecule has 2 nitrogen and oxygen atoms in total. The summed E-state index contributed by atoms with van der Waals surface area (Å²) in [5, 5.41) is 0. The van der Waals surface area contributed by atoms with E-state index in [2.05, 4.69) is 12.0 Å². The minimum Gasteiger partial charge on any atom is -0.271 e. The molecule has 0 saturated heterocycles. The lowest BCUT2D eigenvalue weighted by Crippen LogP contribution is -2.27. The maximum atomic E-state index is 12.4. The molecule has 1 rings (SSSR count). The van der Waals surface area contributed by atoms with Crippen LogP contribution in [0.2, 0.25) is 0 Å². The van der Waals surface area contributed by atoms with Crippen molar-refractivity contribution in [3.05, 3.63) is 48.0 Å². The number of rotatable bonds is 4. The molecule has 0 aromatic heterocycles. The zero-order valence-corrected chi connectivity index (χ0v) is 8.59. The Morgan fingerprint density at radius 1 is 1.44 bits per heavy atom. The third kappa shape index (κ3) is 3.08. The van der Waals surface area contributed by atoms with Crippen LogP contribution in [0, 0.1) is 0 Å². The highest BCUT2D eigenvalue weighted by molar-refractivity contribution is 5.28. The van der Waals surface area contributed by atoms with Crippen LogP contribution in [0.15, 0.2) is 36.9 Å². The van der Waals surface area contributed by atoms with Crippen molar-refractivity contribution in [1.82, 2.24) is 5.43 Å². The number of alkyl halides is 3. The molecule has 0 fully saturated rings. The van der Waals surface area contributed by atoms with Crippen molar-refractivity contribution in [2.75, 3.05) is 0 Å². The first-order valence-electron chi connectivity index (χ1n) is 4.73. The third-order valence-corrected chi connectivity index (χ3v) is 2.22. The van der Waals surface area contributed by atoms with Gasteiger partial charge in [-0.15, -0.1) is 6.58 Å². The topological polar surface area (TPSA) is 38.0 Å². The van der Waals surface area contributed by atoms with Crippen LogP contribution in [0.5, 0.6) is 0 Å². The first-order chi connectivity index (χ1) is 7.49. The van der Waals surface area contributed by atoms with Crippen LogP contribution in [0.25, 0.3) is 0 Å². The van der Waals surface area contributed by atoms with Gasteiger partial charge in [-0.25, -0.2) is 0 Å². The van der Waals surface area contributed by atoms with Crippen molar-refractivity contribution < 1.29 is 13.2 Å². The van der Waals surface area contributed by atoms with Gasteiger partial charge < -0.3 is 0 Å². The van der Waals surface area contributed by atoms with E-state index in [4.69, 9.17) is 5.84 Å². The van der Waals surface area contributed by atoms with Gasteiger partial charge in [-0.1, -0.05) is 18.2 Å². The molecule has 0 bridgehead atoms. The zero-order chi connectivity index (χ0) is 12.2. The van der Waals surface area contributed by atoms with Crippen LogP contribution < -0.4 is 11.3 Å². The third-order valence-electron chi connectivity index (χ3n) is 2.22. The van der Waals surface area contributed by atoms with Gasteiger partial charge in [0.15, 0.2) is 0 Å². The van der Waals surface area contributed by atoms with E-state index in [0.29, 0.717) is 12.0 Å². The molecule has 0 spiro atoms. The van der Waals surface area contributed by atoms with Crippen LogP contribution in [0.3, 0.4) is 0 Å². The Balaban J connectivity index is 3.01. The van der Waals surface area contributed by atoms with E-state index in [0.717, 1.165) is 12.1 Å². The van der Waals surface area contributed by atoms with Gasteiger partial charge in [-0.3, -0.25) is 11.3 Å². The maximum absolute atomic E-state index is 12.4. The summed E-state index contributed by atoms with van der Waals surface area (Å²) >= 11 is 0. The summed E-state index contributed by atoms with van der Waals surface area (Å²) in [5.41, 5.74) is 2.28. The number of hydrazine groups is 1. The lowest BCUT2D eigenvalue weighted by atomic mass is 10.0. The van der Waals surface area contributed by atoms with Crippen molar-refractivity contribution in [2.45, 2.75) is 18.6 Å². The Morgan fingerprint density at radius 2 is 2.12 bits per heavy atom. The first-order valence-corrected chi connectivity index (χ1v) is 4.73. The van der Waals surface area contributed by atoms with Crippen molar-refractivity contribution in [3.63, 3.8) is 0 Å². The molecule has 16 heavy (non-hydrogen) atoms. The fraction of sp³-hybridized carbons (Fsp3) is 0.273. The summed E-state index contributed by atoms with van der Waals surface area (Å²) in [6.07, 6.45) is -2.26.